The molecule has 2 nitrogen and oxygen atoms in total. The van der Waals surface area contributed by atoms with E-state index >= 15 is 0 Å². The first-order chi connectivity index (χ1) is 6.27. The Bertz CT molecular complexity index is 130. The molecule has 1 fully saturated rings. The van der Waals surface area contributed by atoms with Gasteiger partial charge in [-0.3, -0.25) is 0 Å². The molecule has 78 valence electrons. The number of aliphatic hydroxyl groups excluding tert-OH is 1. The molecule has 0 heterocycles. The standard InChI is InChI=1S/C11H23NO/c1-3-9-12(4-2)10-5-7-11(13)8-6-10/h10-11,13H,3-9H2,1-2H3. The van der Waals surface area contributed by atoms with E-state index < -0.39 is 0 Å². The first kappa shape index (κ1) is 11.0. The molecule has 0 unspecified atom stereocenters. The molecule has 1 aliphatic rings. The second-order valence-electron chi connectivity index (χ2n) is 4.09. The maximum Gasteiger partial charge on any atom is 0.0541 e. The van der Waals surface area contributed by atoms with Crippen molar-refractivity contribution in [3.8, 4) is 0 Å². The van der Waals surface area contributed by atoms with Gasteiger partial charge in [0.2, 0.25) is 0 Å². The van der Waals surface area contributed by atoms with E-state index in [0.29, 0.717) is 0 Å². The van der Waals surface area contributed by atoms with Gasteiger partial charge in [0, 0.05) is 6.04 Å². The fraction of sp³-hybridized carbons (Fsp3) is 1.00. The van der Waals surface area contributed by atoms with Crippen molar-refractivity contribution < 1.29 is 5.11 Å². The van der Waals surface area contributed by atoms with E-state index in [9.17, 15) is 5.11 Å². The molecule has 0 radical (unpaired) electrons. The summed E-state index contributed by atoms with van der Waals surface area (Å²) in [5.74, 6) is 0. The van der Waals surface area contributed by atoms with E-state index in [2.05, 4.69) is 18.7 Å². The zero-order valence-electron chi connectivity index (χ0n) is 9.00. The molecular formula is C11H23NO. The molecule has 0 aromatic rings. The normalized spacial score (nSPS) is 29.5. The summed E-state index contributed by atoms with van der Waals surface area (Å²) in [7, 11) is 0. The Morgan fingerprint density at radius 1 is 1.15 bits per heavy atom. The first-order valence-electron chi connectivity index (χ1n) is 5.70. The average Bonchev–Trinajstić information content (AvgIpc) is 2.16. The lowest BCUT2D eigenvalue weighted by atomic mass is 9.92. The number of aliphatic hydroxyl groups is 1. The summed E-state index contributed by atoms with van der Waals surface area (Å²) in [4.78, 5) is 2.56. The lowest BCUT2D eigenvalue weighted by Gasteiger charge is -2.34. The van der Waals surface area contributed by atoms with Crippen molar-refractivity contribution in [1.82, 2.24) is 4.90 Å². The highest BCUT2D eigenvalue weighted by Crippen LogP contribution is 2.22. The first-order valence-corrected chi connectivity index (χ1v) is 5.70. The minimum absolute atomic E-state index is 0.0171. The molecule has 2 heteroatoms. The number of nitrogens with zero attached hydrogens (tertiary/aromatic N) is 1. The summed E-state index contributed by atoms with van der Waals surface area (Å²) in [5.41, 5.74) is 0. The van der Waals surface area contributed by atoms with Gasteiger partial charge in [0.1, 0.15) is 0 Å². The molecule has 1 rings (SSSR count). The Hall–Kier alpha value is -0.0800. The molecule has 1 saturated carbocycles. The molecule has 1 aliphatic carbocycles. The minimum atomic E-state index is -0.0171. The van der Waals surface area contributed by atoms with Crippen molar-refractivity contribution in [2.75, 3.05) is 13.1 Å². The molecule has 0 spiro atoms. The lowest BCUT2D eigenvalue weighted by Crippen LogP contribution is -2.39. The second kappa shape index (κ2) is 5.61. The van der Waals surface area contributed by atoms with Gasteiger partial charge >= 0.3 is 0 Å². The van der Waals surface area contributed by atoms with Gasteiger partial charge in [-0.05, 0) is 45.2 Å². The molecule has 13 heavy (non-hydrogen) atoms. The molecule has 0 amide bonds. The van der Waals surface area contributed by atoms with Crippen LogP contribution in [0.2, 0.25) is 0 Å². The molecular weight excluding hydrogens is 162 g/mol. The third-order valence-corrected chi connectivity index (χ3v) is 3.10. The number of rotatable bonds is 4. The average molecular weight is 185 g/mol. The molecule has 0 aliphatic heterocycles. The summed E-state index contributed by atoms with van der Waals surface area (Å²) in [6.07, 6.45) is 5.61. The van der Waals surface area contributed by atoms with Crippen LogP contribution in [0.3, 0.4) is 0 Å². The predicted octanol–water partition coefficient (Wildman–Crippen LogP) is 2.02. The summed E-state index contributed by atoms with van der Waals surface area (Å²) in [6, 6.07) is 0.744. The third-order valence-electron chi connectivity index (χ3n) is 3.10. The van der Waals surface area contributed by atoms with Crippen LogP contribution in [-0.4, -0.2) is 35.2 Å². The van der Waals surface area contributed by atoms with Crippen LogP contribution in [0.5, 0.6) is 0 Å². The molecule has 0 aromatic heterocycles. The van der Waals surface area contributed by atoms with Crippen LogP contribution in [0.4, 0.5) is 0 Å². The van der Waals surface area contributed by atoms with E-state index in [1.165, 1.54) is 25.8 Å². The number of hydrogen-bond donors (Lipinski definition) is 1. The topological polar surface area (TPSA) is 23.5 Å². The van der Waals surface area contributed by atoms with Crippen molar-refractivity contribution in [2.24, 2.45) is 0 Å². The lowest BCUT2D eigenvalue weighted by molar-refractivity contribution is 0.0760. The van der Waals surface area contributed by atoms with Crippen LogP contribution >= 0.6 is 0 Å². The molecule has 1 N–H and O–H groups in total. The Kier molecular flexibility index (Phi) is 4.74. The van der Waals surface area contributed by atoms with Crippen LogP contribution in [-0.2, 0) is 0 Å². The van der Waals surface area contributed by atoms with Gasteiger partial charge in [-0.1, -0.05) is 13.8 Å². The van der Waals surface area contributed by atoms with E-state index in [-0.39, 0.29) is 6.10 Å². The second-order valence-corrected chi connectivity index (χ2v) is 4.09. The minimum Gasteiger partial charge on any atom is -0.393 e. The summed E-state index contributed by atoms with van der Waals surface area (Å²) in [6.45, 7) is 6.85. The van der Waals surface area contributed by atoms with E-state index in [0.717, 1.165) is 25.4 Å². The molecule has 0 bridgehead atoms. The monoisotopic (exact) mass is 185 g/mol. The highest BCUT2D eigenvalue weighted by molar-refractivity contribution is 4.78. The highest BCUT2D eigenvalue weighted by Gasteiger charge is 2.22. The number of hydrogen-bond acceptors (Lipinski definition) is 2. The Morgan fingerprint density at radius 3 is 2.23 bits per heavy atom. The highest BCUT2D eigenvalue weighted by atomic mass is 16.3. The van der Waals surface area contributed by atoms with Crippen molar-refractivity contribution >= 4 is 0 Å². The fourth-order valence-corrected chi connectivity index (χ4v) is 2.31. The Labute approximate surface area is 81.9 Å². The van der Waals surface area contributed by atoms with Gasteiger partial charge in [0.05, 0.1) is 6.10 Å². The molecule has 0 atom stereocenters. The Morgan fingerprint density at radius 2 is 1.77 bits per heavy atom. The van der Waals surface area contributed by atoms with Crippen LogP contribution in [0.1, 0.15) is 46.0 Å². The smallest absolute Gasteiger partial charge is 0.0541 e. The predicted molar refractivity (Wildman–Crippen MR) is 55.8 cm³/mol. The summed E-state index contributed by atoms with van der Waals surface area (Å²) >= 11 is 0. The van der Waals surface area contributed by atoms with Gasteiger partial charge in [-0.15, -0.1) is 0 Å². The quantitative estimate of drug-likeness (QED) is 0.724. The van der Waals surface area contributed by atoms with Crippen LogP contribution in [0.15, 0.2) is 0 Å². The maximum atomic E-state index is 9.39. The van der Waals surface area contributed by atoms with E-state index in [4.69, 9.17) is 0 Å². The van der Waals surface area contributed by atoms with E-state index in [1.54, 1.807) is 0 Å². The molecule has 0 aromatic carbocycles. The van der Waals surface area contributed by atoms with Crippen LogP contribution in [0, 0.1) is 0 Å². The van der Waals surface area contributed by atoms with Crippen molar-refractivity contribution in [1.29, 1.82) is 0 Å². The van der Waals surface area contributed by atoms with Gasteiger partial charge in [0.15, 0.2) is 0 Å². The van der Waals surface area contributed by atoms with Gasteiger partial charge < -0.3 is 10.0 Å². The molecule has 0 saturated heterocycles. The van der Waals surface area contributed by atoms with Gasteiger partial charge in [0.25, 0.3) is 0 Å². The summed E-state index contributed by atoms with van der Waals surface area (Å²) < 4.78 is 0. The SMILES string of the molecule is CCCN(CC)C1CCC(O)CC1. The Balaban J connectivity index is 2.32. The van der Waals surface area contributed by atoms with Crippen molar-refractivity contribution in [3.05, 3.63) is 0 Å². The zero-order chi connectivity index (χ0) is 9.68. The van der Waals surface area contributed by atoms with Crippen LogP contribution < -0.4 is 0 Å². The van der Waals surface area contributed by atoms with Gasteiger partial charge in [-0.2, -0.15) is 0 Å². The largest absolute Gasteiger partial charge is 0.393 e. The fourth-order valence-electron chi connectivity index (χ4n) is 2.31. The third kappa shape index (κ3) is 3.28. The van der Waals surface area contributed by atoms with E-state index in [1.807, 2.05) is 0 Å². The summed E-state index contributed by atoms with van der Waals surface area (Å²) in [5, 5.41) is 9.39. The zero-order valence-corrected chi connectivity index (χ0v) is 9.00. The van der Waals surface area contributed by atoms with Crippen molar-refractivity contribution in [2.45, 2.75) is 58.1 Å². The van der Waals surface area contributed by atoms with Crippen molar-refractivity contribution in [3.63, 3.8) is 0 Å². The van der Waals surface area contributed by atoms with Crippen LogP contribution in [0.25, 0.3) is 0 Å². The van der Waals surface area contributed by atoms with Gasteiger partial charge in [-0.25, -0.2) is 0 Å². The maximum absolute atomic E-state index is 9.39.